The molecule has 0 atom stereocenters. The molecule has 4 rings (SSSR count). The normalized spacial score (nSPS) is 11.5. The molecule has 0 amide bonds. The molecule has 9 heteroatoms. The molecule has 154 valence electrons. The Morgan fingerprint density at radius 1 is 1.10 bits per heavy atom. The highest BCUT2D eigenvalue weighted by atomic mass is 35.5. The number of carbonyl (C=O) groups excluding carboxylic acids is 2. The Morgan fingerprint density at radius 3 is 2.50 bits per heavy atom. The number of nitrogens with zero attached hydrogens (tertiary/aromatic N) is 3. The smallest absolute Gasteiger partial charge is 0.313 e. The van der Waals surface area contributed by atoms with E-state index >= 15 is 0 Å². The number of ketones is 1. The van der Waals surface area contributed by atoms with E-state index in [9.17, 15) is 14.4 Å². The van der Waals surface area contributed by atoms with Crippen molar-refractivity contribution in [1.29, 1.82) is 0 Å². The molecule has 7 nitrogen and oxygen atoms in total. The van der Waals surface area contributed by atoms with E-state index in [2.05, 4.69) is 9.72 Å². The summed E-state index contributed by atoms with van der Waals surface area (Å²) < 4.78 is 7.76. The molecule has 0 aliphatic rings. The van der Waals surface area contributed by atoms with E-state index in [0.29, 0.717) is 37.8 Å². The number of aromatic nitrogens is 3. The maximum atomic E-state index is 13.3. The van der Waals surface area contributed by atoms with Gasteiger partial charge in [-0.3, -0.25) is 14.4 Å². The number of imidazole rings is 1. The number of methoxy groups -OCH3 is 1. The van der Waals surface area contributed by atoms with Crippen LogP contribution in [0.5, 0.6) is 0 Å². The highest BCUT2D eigenvalue weighted by Gasteiger charge is 2.19. The number of fused-ring (bicyclic) bond motifs is 4. The molecule has 0 aliphatic carbocycles. The van der Waals surface area contributed by atoms with Gasteiger partial charge in [-0.15, -0.1) is 0 Å². The second-order valence-electron chi connectivity index (χ2n) is 7.02. The number of Topliss-reactive ketones (excluding diaryl/α,β-unsaturated/α-hetero) is 1. The molecule has 0 unspecified atom stereocenters. The zero-order valence-electron chi connectivity index (χ0n) is 16.2. The van der Waals surface area contributed by atoms with Crippen LogP contribution >= 0.6 is 23.2 Å². The summed E-state index contributed by atoms with van der Waals surface area (Å²) in [6, 6.07) is 8.72. The largest absolute Gasteiger partial charge is 0.469 e. The van der Waals surface area contributed by atoms with E-state index in [1.54, 1.807) is 28.8 Å². The number of esters is 1. The van der Waals surface area contributed by atoms with Gasteiger partial charge in [0.15, 0.2) is 0 Å². The fourth-order valence-corrected chi connectivity index (χ4v) is 3.81. The van der Waals surface area contributed by atoms with Crippen LogP contribution in [-0.4, -0.2) is 32.8 Å². The Kier molecular flexibility index (Phi) is 5.26. The first-order valence-corrected chi connectivity index (χ1v) is 9.94. The molecule has 0 saturated carbocycles. The van der Waals surface area contributed by atoms with Gasteiger partial charge >= 0.3 is 5.97 Å². The number of rotatable bonds is 5. The van der Waals surface area contributed by atoms with Gasteiger partial charge < -0.3 is 9.30 Å². The zero-order valence-corrected chi connectivity index (χ0v) is 17.8. The topological polar surface area (TPSA) is 82.7 Å². The van der Waals surface area contributed by atoms with Crippen molar-refractivity contribution < 1.29 is 14.3 Å². The minimum absolute atomic E-state index is 0.0661. The quantitative estimate of drug-likeness (QED) is 0.343. The summed E-state index contributed by atoms with van der Waals surface area (Å²) in [6.45, 7) is 2.12. The lowest BCUT2D eigenvalue weighted by atomic mass is 10.2. The lowest BCUT2D eigenvalue weighted by molar-refractivity contribution is -0.143. The Bertz CT molecular complexity index is 1400. The van der Waals surface area contributed by atoms with Gasteiger partial charge in [0.2, 0.25) is 5.78 Å². The molecule has 0 bridgehead atoms. The third-order valence-electron chi connectivity index (χ3n) is 4.98. The maximum Gasteiger partial charge on any atom is 0.313 e. The summed E-state index contributed by atoms with van der Waals surface area (Å²) in [4.78, 5) is 41.5. The first-order valence-electron chi connectivity index (χ1n) is 9.19. The summed E-state index contributed by atoms with van der Waals surface area (Å²) in [5.74, 6) is -0.496. The van der Waals surface area contributed by atoms with Crippen molar-refractivity contribution in [2.45, 2.75) is 26.3 Å². The molecule has 30 heavy (non-hydrogen) atoms. The average Bonchev–Trinajstić information content (AvgIpc) is 3.00. The van der Waals surface area contributed by atoms with Crippen LogP contribution in [0.25, 0.3) is 27.7 Å². The number of ether oxygens (including phenoxy) is 1. The fraction of sp³-hybridized carbons (Fsp3) is 0.238. The first kappa shape index (κ1) is 20.4. The van der Waals surface area contributed by atoms with Crippen LogP contribution in [0.4, 0.5) is 0 Å². The summed E-state index contributed by atoms with van der Waals surface area (Å²) >= 11 is 12.4. The SMILES string of the molecule is COC(=O)CC(=O)CCn1c2cc(Cl)c(Cl)cc2n2c(=O)c3cc(C)ccc3nc12. The number of carbonyl (C=O) groups is 2. The van der Waals surface area contributed by atoms with Crippen molar-refractivity contribution in [3.05, 3.63) is 56.3 Å². The summed E-state index contributed by atoms with van der Waals surface area (Å²) in [5.41, 5.74) is 2.42. The van der Waals surface area contributed by atoms with E-state index in [-0.39, 0.29) is 30.7 Å². The van der Waals surface area contributed by atoms with Gasteiger partial charge in [-0.2, -0.15) is 0 Å². The monoisotopic (exact) mass is 445 g/mol. The van der Waals surface area contributed by atoms with Crippen molar-refractivity contribution >= 4 is 62.7 Å². The number of benzene rings is 2. The van der Waals surface area contributed by atoms with Gasteiger partial charge in [0.1, 0.15) is 12.2 Å². The Morgan fingerprint density at radius 2 is 1.80 bits per heavy atom. The number of hydrogen-bond donors (Lipinski definition) is 0. The highest BCUT2D eigenvalue weighted by Crippen LogP contribution is 2.30. The van der Waals surface area contributed by atoms with Gasteiger partial charge in [-0.05, 0) is 31.2 Å². The van der Waals surface area contributed by atoms with Crippen molar-refractivity contribution in [2.75, 3.05) is 7.11 Å². The van der Waals surface area contributed by atoms with Crippen LogP contribution in [0.15, 0.2) is 35.1 Å². The van der Waals surface area contributed by atoms with Crippen molar-refractivity contribution in [1.82, 2.24) is 14.0 Å². The van der Waals surface area contributed by atoms with Crippen LogP contribution in [0.1, 0.15) is 18.4 Å². The predicted octanol–water partition coefficient (Wildman–Crippen LogP) is 3.94. The molecule has 0 saturated heterocycles. The molecular formula is C21H17Cl2N3O4. The summed E-state index contributed by atoms with van der Waals surface area (Å²) in [7, 11) is 1.23. The van der Waals surface area contributed by atoms with Crippen LogP contribution in [-0.2, 0) is 20.9 Å². The number of aryl methyl sites for hydroxylation is 2. The first-order chi connectivity index (χ1) is 14.3. The lowest BCUT2D eigenvalue weighted by Gasteiger charge is -2.06. The molecule has 2 aromatic carbocycles. The highest BCUT2D eigenvalue weighted by molar-refractivity contribution is 6.42. The zero-order chi connectivity index (χ0) is 21.6. The summed E-state index contributed by atoms with van der Waals surface area (Å²) in [5, 5.41) is 1.11. The van der Waals surface area contributed by atoms with Gasteiger partial charge in [0.05, 0.1) is 39.1 Å². The Labute approximate surface area is 180 Å². The van der Waals surface area contributed by atoms with E-state index in [1.807, 2.05) is 13.0 Å². The molecule has 0 radical (unpaired) electrons. The molecule has 0 fully saturated rings. The maximum absolute atomic E-state index is 13.3. The molecular weight excluding hydrogens is 429 g/mol. The number of hydrogen-bond acceptors (Lipinski definition) is 5. The van der Waals surface area contributed by atoms with E-state index in [1.165, 1.54) is 11.5 Å². The van der Waals surface area contributed by atoms with E-state index in [4.69, 9.17) is 23.2 Å². The van der Waals surface area contributed by atoms with Crippen LogP contribution < -0.4 is 5.56 Å². The Balaban J connectivity index is 1.95. The molecule has 2 heterocycles. The number of halogens is 2. The Hall–Kier alpha value is -2.90. The minimum Gasteiger partial charge on any atom is -0.469 e. The van der Waals surface area contributed by atoms with Crippen LogP contribution in [0.2, 0.25) is 10.0 Å². The standard InChI is InChI=1S/C21H17Cl2N3O4/c1-11-3-4-16-13(7-11)20(29)26-18-10-15(23)14(22)9-17(18)25(21(26)24-16)6-5-12(27)8-19(28)30-2/h3-4,7,9-10H,5-6,8H2,1-2H3. The van der Waals surface area contributed by atoms with Gasteiger partial charge in [0, 0.05) is 13.0 Å². The third kappa shape index (κ3) is 3.44. The van der Waals surface area contributed by atoms with Crippen molar-refractivity contribution in [2.24, 2.45) is 0 Å². The van der Waals surface area contributed by atoms with Gasteiger partial charge in [0.25, 0.3) is 5.56 Å². The second kappa shape index (κ2) is 7.74. The molecule has 2 aromatic heterocycles. The molecule has 0 aliphatic heterocycles. The van der Waals surface area contributed by atoms with Crippen molar-refractivity contribution in [3.8, 4) is 0 Å². The fourth-order valence-electron chi connectivity index (χ4n) is 3.49. The molecule has 0 N–H and O–H groups in total. The lowest BCUT2D eigenvalue weighted by Crippen LogP contribution is -2.16. The minimum atomic E-state index is -0.590. The van der Waals surface area contributed by atoms with E-state index < -0.39 is 5.97 Å². The molecule has 4 aromatic rings. The van der Waals surface area contributed by atoms with Gasteiger partial charge in [-0.25, -0.2) is 9.38 Å². The second-order valence-corrected chi connectivity index (χ2v) is 7.84. The average molecular weight is 446 g/mol. The van der Waals surface area contributed by atoms with Gasteiger partial charge in [-0.1, -0.05) is 34.8 Å². The van der Waals surface area contributed by atoms with Crippen molar-refractivity contribution in [3.63, 3.8) is 0 Å². The molecule has 0 spiro atoms. The van der Waals surface area contributed by atoms with Crippen LogP contribution in [0, 0.1) is 6.92 Å². The third-order valence-corrected chi connectivity index (χ3v) is 5.70. The summed E-state index contributed by atoms with van der Waals surface area (Å²) in [6.07, 6.45) is -0.244. The van der Waals surface area contributed by atoms with Crippen LogP contribution in [0.3, 0.4) is 0 Å². The van der Waals surface area contributed by atoms with E-state index in [0.717, 1.165) is 5.56 Å². The predicted molar refractivity (Wildman–Crippen MR) is 115 cm³/mol.